The lowest BCUT2D eigenvalue weighted by Crippen LogP contribution is -2.46. The van der Waals surface area contributed by atoms with Crippen molar-refractivity contribution < 1.29 is 29.2 Å². The number of nitrogens with zero attached hydrogens (tertiary/aromatic N) is 1. The molecule has 0 spiro atoms. The highest BCUT2D eigenvalue weighted by Gasteiger charge is 2.24. The first-order valence-corrected chi connectivity index (χ1v) is 8.37. The summed E-state index contributed by atoms with van der Waals surface area (Å²) in [6.45, 7) is 5.15. The Hall–Kier alpha value is -3.17. The third-order valence-corrected chi connectivity index (χ3v) is 3.47. The molecule has 0 saturated carbocycles. The molecule has 1 aromatic rings. The summed E-state index contributed by atoms with van der Waals surface area (Å²) in [6, 6.07) is 2.65. The Balaban J connectivity index is 2.81. The van der Waals surface area contributed by atoms with Crippen molar-refractivity contribution in [2.45, 2.75) is 33.2 Å². The Bertz CT molecular complexity index is 718. The molecule has 1 atom stereocenters. The van der Waals surface area contributed by atoms with Gasteiger partial charge in [-0.25, -0.2) is 4.79 Å². The van der Waals surface area contributed by atoms with Gasteiger partial charge in [0.1, 0.15) is 17.4 Å². The zero-order chi connectivity index (χ0) is 20.6. The topological polar surface area (TPSA) is 148 Å². The number of rotatable bonds is 10. The van der Waals surface area contributed by atoms with Crippen LogP contribution >= 0.6 is 0 Å². The Morgan fingerprint density at radius 2 is 1.96 bits per heavy atom. The summed E-state index contributed by atoms with van der Waals surface area (Å²) in [5.74, 6) is -2.40. The predicted molar refractivity (Wildman–Crippen MR) is 95.6 cm³/mol. The van der Waals surface area contributed by atoms with E-state index in [-0.39, 0.29) is 23.7 Å². The van der Waals surface area contributed by atoms with Gasteiger partial charge in [-0.1, -0.05) is 13.8 Å². The monoisotopic (exact) mass is 381 g/mol. The van der Waals surface area contributed by atoms with Crippen LogP contribution in [0.5, 0.6) is 5.75 Å². The summed E-state index contributed by atoms with van der Waals surface area (Å²) >= 11 is 0. The average Bonchev–Trinajstić information content (AvgIpc) is 2.58. The number of nitro groups is 1. The minimum Gasteiger partial charge on any atom is -0.494 e. The molecule has 10 heteroatoms. The van der Waals surface area contributed by atoms with E-state index in [0.717, 1.165) is 6.07 Å². The molecule has 148 valence electrons. The second kappa shape index (κ2) is 10.1. The van der Waals surface area contributed by atoms with Crippen LogP contribution in [0.3, 0.4) is 0 Å². The molecule has 0 aliphatic carbocycles. The number of carboxylic acids is 1. The highest BCUT2D eigenvalue weighted by molar-refractivity contribution is 6.00. The van der Waals surface area contributed by atoms with Crippen molar-refractivity contribution in [2.75, 3.05) is 13.2 Å². The Morgan fingerprint density at radius 3 is 2.48 bits per heavy atom. The van der Waals surface area contributed by atoms with Gasteiger partial charge < -0.3 is 20.5 Å². The molecule has 0 fully saturated rings. The summed E-state index contributed by atoms with van der Waals surface area (Å²) in [4.78, 5) is 45.7. The number of hydrogen-bond donors (Lipinski definition) is 3. The summed E-state index contributed by atoms with van der Waals surface area (Å²) in [5, 5.41) is 24.8. The number of ether oxygens (including phenoxy) is 1. The SMILES string of the molecule is CCOc1ccc([N+](=O)[O-])c(C(=O)NCC(=O)N[C@@H](CC(C)C)C(=O)O)c1. The lowest BCUT2D eigenvalue weighted by Gasteiger charge is -2.16. The number of carbonyl (C=O) groups is 3. The van der Waals surface area contributed by atoms with Crippen LogP contribution < -0.4 is 15.4 Å². The van der Waals surface area contributed by atoms with Crippen molar-refractivity contribution >= 4 is 23.5 Å². The number of amides is 2. The molecule has 10 nitrogen and oxygen atoms in total. The van der Waals surface area contributed by atoms with Crippen LogP contribution in [0, 0.1) is 16.0 Å². The third kappa shape index (κ3) is 6.92. The van der Waals surface area contributed by atoms with Gasteiger partial charge in [-0.3, -0.25) is 19.7 Å². The van der Waals surface area contributed by atoms with Crippen molar-refractivity contribution in [3.63, 3.8) is 0 Å². The van der Waals surface area contributed by atoms with Crippen LogP contribution in [0.15, 0.2) is 18.2 Å². The van der Waals surface area contributed by atoms with E-state index in [2.05, 4.69) is 10.6 Å². The number of benzene rings is 1. The van der Waals surface area contributed by atoms with Crippen molar-refractivity contribution in [2.24, 2.45) is 5.92 Å². The van der Waals surface area contributed by atoms with E-state index in [4.69, 9.17) is 9.84 Å². The van der Waals surface area contributed by atoms with Crippen molar-refractivity contribution in [3.8, 4) is 5.75 Å². The molecular formula is C17H23N3O7. The summed E-state index contributed by atoms with van der Waals surface area (Å²) in [5.41, 5.74) is -0.685. The Kier molecular flexibility index (Phi) is 8.18. The molecule has 2 amide bonds. The number of hydrogen-bond acceptors (Lipinski definition) is 6. The molecule has 3 N–H and O–H groups in total. The van der Waals surface area contributed by atoms with Crippen LogP contribution in [-0.4, -0.2) is 47.0 Å². The summed E-state index contributed by atoms with van der Waals surface area (Å²) < 4.78 is 5.23. The van der Waals surface area contributed by atoms with Gasteiger partial charge in [0.25, 0.3) is 11.6 Å². The first-order chi connectivity index (χ1) is 12.6. The van der Waals surface area contributed by atoms with Gasteiger partial charge in [-0.2, -0.15) is 0 Å². The lowest BCUT2D eigenvalue weighted by molar-refractivity contribution is -0.385. The number of nitrogens with one attached hydrogen (secondary N) is 2. The van der Waals surface area contributed by atoms with Gasteiger partial charge in [0.2, 0.25) is 5.91 Å². The highest BCUT2D eigenvalue weighted by Crippen LogP contribution is 2.24. The second-order valence-corrected chi connectivity index (χ2v) is 6.14. The summed E-state index contributed by atoms with van der Waals surface area (Å²) in [7, 11) is 0. The van der Waals surface area contributed by atoms with Gasteiger partial charge >= 0.3 is 5.97 Å². The minimum atomic E-state index is -1.18. The quantitative estimate of drug-likeness (QED) is 0.409. The number of aliphatic carboxylic acids is 1. The van der Waals surface area contributed by atoms with Gasteiger partial charge in [0, 0.05) is 6.07 Å². The fraction of sp³-hybridized carbons (Fsp3) is 0.471. The molecule has 0 aliphatic heterocycles. The number of carbonyl (C=O) groups excluding carboxylic acids is 2. The lowest BCUT2D eigenvalue weighted by atomic mass is 10.0. The Labute approximate surface area is 156 Å². The van der Waals surface area contributed by atoms with Gasteiger partial charge in [0.05, 0.1) is 18.1 Å². The Morgan fingerprint density at radius 1 is 1.30 bits per heavy atom. The van der Waals surface area contributed by atoms with Crippen LogP contribution in [0.25, 0.3) is 0 Å². The average molecular weight is 381 g/mol. The van der Waals surface area contributed by atoms with E-state index in [1.54, 1.807) is 6.92 Å². The van der Waals surface area contributed by atoms with Crippen LogP contribution in [0.1, 0.15) is 37.6 Å². The van der Waals surface area contributed by atoms with E-state index in [0.29, 0.717) is 6.61 Å². The number of nitro benzene ring substituents is 1. The van der Waals surface area contributed by atoms with Gasteiger partial charge in [-0.15, -0.1) is 0 Å². The van der Waals surface area contributed by atoms with Crippen molar-refractivity contribution in [3.05, 3.63) is 33.9 Å². The van der Waals surface area contributed by atoms with Gasteiger partial charge in [-0.05, 0) is 31.4 Å². The largest absolute Gasteiger partial charge is 0.494 e. The number of carboxylic acid groups (broad SMARTS) is 1. The molecule has 0 saturated heterocycles. The predicted octanol–water partition coefficient (Wildman–Crippen LogP) is 1.34. The first kappa shape index (κ1) is 21.9. The molecule has 0 unspecified atom stereocenters. The minimum absolute atomic E-state index is 0.0462. The van der Waals surface area contributed by atoms with Crippen molar-refractivity contribution in [1.82, 2.24) is 10.6 Å². The normalized spacial score (nSPS) is 11.6. The zero-order valence-electron chi connectivity index (χ0n) is 15.4. The zero-order valence-corrected chi connectivity index (χ0v) is 15.4. The smallest absolute Gasteiger partial charge is 0.326 e. The highest BCUT2D eigenvalue weighted by atomic mass is 16.6. The molecule has 1 aromatic carbocycles. The molecule has 1 rings (SSSR count). The second-order valence-electron chi connectivity index (χ2n) is 6.14. The van der Waals surface area contributed by atoms with Crippen molar-refractivity contribution in [1.29, 1.82) is 0 Å². The molecule has 0 aliphatic rings. The van der Waals surface area contributed by atoms with E-state index < -0.39 is 41.0 Å². The third-order valence-electron chi connectivity index (χ3n) is 3.47. The molecule has 0 bridgehead atoms. The molecule has 0 radical (unpaired) electrons. The van der Waals surface area contributed by atoms with E-state index in [9.17, 15) is 24.5 Å². The molecule has 27 heavy (non-hydrogen) atoms. The van der Waals surface area contributed by atoms with E-state index >= 15 is 0 Å². The maximum Gasteiger partial charge on any atom is 0.326 e. The maximum atomic E-state index is 12.3. The summed E-state index contributed by atoms with van der Waals surface area (Å²) in [6.07, 6.45) is 0.233. The standard InChI is InChI=1S/C17H23N3O7/c1-4-27-11-5-6-14(20(25)26)12(8-11)16(22)18-9-15(21)19-13(17(23)24)7-10(2)3/h5-6,8,10,13H,4,7,9H2,1-3H3,(H,18,22)(H,19,21)(H,23,24)/t13-/m0/s1. The van der Waals surface area contributed by atoms with E-state index in [1.165, 1.54) is 12.1 Å². The van der Waals surface area contributed by atoms with Crippen LogP contribution in [0.2, 0.25) is 0 Å². The van der Waals surface area contributed by atoms with Gasteiger partial charge in [0.15, 0.2) is 0 Å². The van der Waals surface area contributed by atoms with Crippen LogP contribution in [-0.2, 0) is 9.59 Å². The molecular weight excluding hydrogens is 358 g/mol. The van der Waals surface area contributed by atoms with E-state index in [1.807, 2.05) is 13.8 Å². The fourth-order valence-electron chi connectivity index (χ4n) is 2.31. The first-order valence-electron chi connectivity index (χ1n) is 8.37. The molecule has 0 aromatic heterocycles. The maximum absolute atomic E-state index is 12.3. The molecule has 0 heterocycles. The fourth-order valence-corrected chi connectivity index (χ4v) is 2.31. The van der Waals surface area contributed by atoms with Crippen LogP contribution in [0.4, 0.5) is 5.69 Å².